The van der Waals surface area contributed by atoms with E-state index in [-0.39, 0.29) is 29.3 Å². The zero-order valence-electron chi connectivity index (χ0n) is 20.4. The second kappa shape index (κ2) is 12.6. The third-order valence-corrected chi connectivity index (χ3v) is 8.85. The van der Waals surface area contributed by atoms with Crippen LogP contribution in [0.5, 0.6) is 0 Å². The van der Waals surface area contributed by atoms with E-state index < -0.39 is 0 Å². The van der Waals surface area contributed by atoms with Gasteiger partial charge in [-0.15, -0.1) is 23.7 Å². The molecule has 0 atom stereocenters. The van der Waals surface area contributed by atoms with Crippen LogP contribution in [0.3, 0.4) is 0 Å². The predicted molar refractivity (Wildman–Crippen MR) is 146 cm³/mol. The Morgan fingerprint density at radius 1 is 1.20 bits per heavy atom. The SMILES string of the molecule is CCc1c(CCN2CCC(c3coc4ccc(Cl)cc34)CC2)sc2c1CCN(C(C)=O)C2.Cl.O.O. The molecule has 2 aliphatic rings. The van der Waals surface area contributed by atoms with Crippen molar-refractivity contribution in [2.24, 2.45) is 0 Å². The highest BCUT2D eigenvalue weighted by Crippen LogP contribution is 2.37. The first-order valence-electron chi connectivity index (χ1n) is 11.8. The summed E-state index contributed by atoms with van der Waals surface area (Å²) in [6, 6.07) is 5.91. The van der Waals surface area contributed by atoms with E-state index in [1.165, 1.54) is 21.4 Å². The molecule has 1 saturated heterocycles. The number of rotatable bonds is 5. The Labute approximate surface area is 222 Å². The number of piperidine rings is 1. The topological polar surface area (TPSA) is 99.7 Å². The standard InChI is InChI=1S/C26H31ClN2O2S.ClH.2H2O/c1-3-20-21-8-13-29(17(2)30)15-26(21)32-25(20)9-12-28-10-6-18(7-11-28)23-16-31-24-5-4-19(27)14-22(23)24;;;/h4-5,14,16,18H,3,6-13,15H2,1-2H3;1H;2*1H2. The van der Waals surface area contributed by atoms with Gasteiger partial charge in [0.1, 0.15) is 5.58 Å². The Bertz CT molecular complexity index is 1140. The highest BCUT2D eigenvalue weighted by Gasteiger charge is 2.26. The molecule has 35 heavy (non-hydrogen) atoms. The number of carbonyl (C=O) groups excluding carboxylic acids is 1. The lowest BCUT2D eigenvalue weighted by molar-refractivity contribution is -0.129. The lowest BCUT2D eigenvalue weighted by Crippen LogP contribution is -2.34. The summed E-state index contributed by atoms with van der Waals surface area (Å²) in [6.45, 7) is 9.00. The molecule has 0 bridgehead atoms. The molecule has 0 saturated carbocycles. The quantitative estimate of drug-likeness (QED) is 0.462. The van der Waals surface area contributed by atoms with Crippen molar-refractivity contribution in [1.29, 1.82) is 0 Å². The molecule has 9 heteroatoms. The molecule has 0 aliphatic carbocycles. The molecule has 6 nitrogen and oxygen atoms in total. The molecule has 5 rings (SSSR count). The van der Waals surface area contributed by atoms with Gasteiger partial charge in [-0.05, 0) is 80.4 Å². The smallest absolute Gasteiger partial charge is 0.219 e. The van der Waals surface area contributed by atoms with Gasteiger partial charge < -0.3 is 25.2 Å². The minimum Gasteiger partial charge on any atom is -0.464 e. The molecule has 1 fully saturated rings. The van der Waals surface area contributed by atoms with Crippen molar-refractivity contribution in [3.8, 4) is 0 Å². The lowest BCUT2D eigenvalue weighted by Gasteiger charge is -2.31. The van der Waals surface area contributed by atoms with Crippen LogP contribution in [0.15, 0.2) is 28.9 Å². The van der Waals surface area contributed by atoms with Crippen LogP contribution in [0.4, 0.5) is 0 Å². The van der Waals surface area contributed by atoms with Gasteiger partial charge >= 0.3 is 0 Å². The van der Waals surface area contributed by atoms with E-state index in [1.54, 1.807) is 17.4 Å². The zero-order chi connectivity index (χ0) is 22.2. The van der Waals surface area contributed by atoms with Crippen molar-refractivity contribution in [1.82, 2.24) is 9.80 Å². The number of amides is 1. The predicted octanol–water partition coefficient (Wildman–Crippen LogP) is 4.81. The van der Waals surface area contributed by atoms with Crippen molar-refractivity contribution < 1.29 is 20.2 Å². The number of nitrogens with zero attached hydrogens (tertiary/aromatic N) is 2. The van der Waals surface area contributed by atoms with Crippen molar-refractivity contribution in [2.75, 3.05) is 26.2 Å². The first-order valence-corrected chi connectivity index (χ1v) is 13.0. The molecule has 3 aromatic rings. The molecule has 0 radical (unpaired) electrons. The summed E-state index contributed by atoms with van der Waals surface area (Å²) in [7, 11) is 0. The summed E-state index contributed by atoms with van der Waals surface area (Å²) in [5.74, 6) is 0.739. The fourth-order valence-corrected chi connectivity index (χ4v) is 7.09. The minimum atomic E-state index is 0. The molecule has 0 spiro atoms. The van der Waals surface area contributed by atoms with E-state index in [0.717, 1.165) is 75.4 Å². The summed E-state index contributed by atoms with van der Waals surface area (Å²) in [4.78, 5) is 19.4. The Balaban J connectivity index is 0.00000144. The van der Waals surface area contributed by atoms with Gasteiger partial charge in [0.2, 0.25) is 5.91 Å². The van der Waals surface area contributed by atoms with Gasteiger partial charge in [-0.1, -0.05) is 18.5 Å². The molecule has 2 aliphatic heterocycles. The molecule has 4 heterocycles. The largest absolute Gasteiger partial charge is 0.464 e. The van der Waals surface area contributed by atoms with E-state index in [4.69, 9.17) is 16.0 Å². The van der Waals surface area contributed by atoms with Crippen LogP contribution >= 0.6 is 35.3 Å². The van der Waals surface area contributed by atoms with Gasteiger partial charge in [-0.3, -0.25) is 4.79 Å². The molecular weight excluding hydrogens is 507 g/mol. The molecule has 0 unspecified atom stereocenters. The Kier molecular flexibility index (Phi) is 10.6. The number of carbonyl (C=O) groups is 1. The minimum absolute atomic E-state index is 0. The highest BCUT2D eigenvalue weighted by atomic mass is 35.5. The highest BCUT2D eigenvalue weighted by molar-refractivity contribution is 7.12. The van der Waals surface area contributed by atoms with Crippen LogP contribution in [0, 0.1) is 0 Å². The molecule has 1 aromatic carbocycles. The van der Waals surface area contributed by atoms with E-state index in [0.29, 0.717) is 5.92 Å². The Hall–Kier alpha value is -1.61. The van der Waals surface area contributed by atoms with Crippen LogP contribution in [-0.4, -0.2) is 52.8 Å². The molecule has 4 N–H and O–H groups in total. The number of thiophene rings is 1. The van der Waals surface area contributed by atoms with Crippen LogP contribution < -0.4 is 0 Å². The van der Waals surface area contributed by atoms with E-state index in [2.05, 4.69) is 11.8 Å². The zero-order valence-corrected chi connectivity index (χ0v) is 22.8. The second-order valence-corrected chi connectivity index (χ2v) is 10.8. The third kappa shape index (κ3) is 6.04. The number of benzene rings is 1. The van der Waals surface area contributed by atoms with E-state index in [1.807, 2.05) is 40.7 Å². The molecular formula is C26H36Cl2N2O4S. The monoisotopic (exact) mass is 542 g/mol. The summed E-state index contributed by atoms with van der Waals surface area (Å²) in [6.07, 6.45) is 7.50. The van der Waals surface area contributed by atoms with Crippen LogP contribution in [0.1, 0.15) is 59.1 Å². The average Bonchev–Trinajstić information content (AvgIpc) is 3.37. The maximum atomic E-state index is 11.8. The number of hydrogen-bond acceptors (Lipinski definition) is 4. The van der Waals surface area contributed by atoms with E-state index in [9.17, 15) is 4.79 Å². The number of halogens is 2. The van der Waals surface area contributed by atoms with Crippen molar-refractivity contribution >= 4 is 52.2 Å². The fraction of sp³-hybridized carbons (Fsp3) is 0.500. The van der Waals surface area contributed by atoms with Gasteiger partial charge in [0.25, 0.3) is 0 Å². The van der Waals surface area contributed by atoms with Crippen molar-refractivity contribution in [2.45, 2.75) is 58.4 Å². The normalized spacial score (nSPS) is 16.3. The van der Waals surface area contributed by atoms with Gasteiger partial charge in [-0.2, -0.15) is 0 Å². The van der Waals surface area contributed by atoms with Crippen LogP contribution in [-0.2, 0) is 30.6 Å². The molecule has 2 aromatic heterocycles. The van der Waals surface area contributed by atoms with Crippen molar-refractivity contribution in [3.05, 3.63) is 55.9 Å². The van der Waals surface area contributed by atoms with Crippen LogP contribution in [0.25, 0.3) is 11.0 Å². The molecule has 1 amide bonds. The van der Waals surface area contributed by atoms with Crippen LogP contribution in [0.2, 0.25) is 5.02 Å². The van der Waals surface area contributed by atoms with Gasteiger partial charge in [-0.25, -0.2) is 0 Å². The van der Waals surface area contributed by atoms with E-state index >= 15 is 0 Å². The second-order valence-electron chi connectivity index (χ2n) is 9.15. The first-order chi connectivity index (χ1) is 15.5. The Morgan fingerprint density at radius 2 is 1.94 bits per heavy atom. The van der Waals surface area contributed by atoms with Crippen molar-refractivity contribution in [3.63, 3.8) is 0 Å². The first kappa shape index (κ1) is 29.6. The average molecular weight is 544 g/mol. The van der Waals surface area contributed by atoms with Gasteiger partial charge in [0.15, 0.2) is 0 Å². The molecule has 194 valence electrons. The van der Waals surface area contributed by atoms with Gasteiger partial charge in [0.05, 0.1) is 12.8 Å². The fourth-order valence-electron chi connectivity index (χ4n) is 5.47. The number of fused-ring (bicyclic) bond motifs is 2. The summed E-state index contributed by atoms with van der Waals surface area (Å²) < 4.78 is 5.78. The number of hydrogen-bond donors (Lipinski definition) is 0. The van der Waals surface area contributed by atoms with Gasteiger partial charge in [0, 0.05) is 45.7 Å². The lowest BCUT2D eigenvalue weighted by atomic mass is 9.89. The number of likely N-dealkylation sites (tertiary alicyclic amines) is 1. The Morgan fingerprint density at radius 3 is 2.63 bits per heavy atom. The summed E-state index contributed by atoms with van der Waals surface area (Å²) in [5, 5.41) is 1.95. The maximum absolute atomic E-state index is 11.8. The summed E-state index contributed by atoms with van der Waals surface area (Å²) >= 11 is 8.18. The third-order valence-electron chi connectivity index (χ3n) is 7.30. The summed E-state index contributed by atoms with van der Waals surface area (Å²) in [5.41, 5.74) is 5.35. The number of furan rings is 1. The maximum Gasteiger partial charge on any atom is 0.219 e.